The Bertz CT molecular complexity index is 1070. The Morgan fingerprint density at radius 3 is 1.65 bits per heavy atom. The minimum absolute atomic E-state index is 0.0800. The number of esters is 3. The molecule has 0 aliphatic heterocycles. The van der Waals surface area contributed by atoms with Gasteiger partial charge in [-0.05, 0) is 60.4 Å². The van der Waals surface area contributed by atoms with Crippen LogP contribution in [0.25, 0.3) is 11.1 Å². The highest BCUT2D eigenvalue weighted by molar-refractivity contribution is 5.91. The van der Waals surface area contributed by atoms with Gasteiger partial charge in [0.2, 0.25) is 0 Å². The molecule has 0 radical (unpaired) electrons. The molecule has 6 nitrogen and oxygen atoms in total. The van der Waals surface area contributed by atoms with E-state index < -0.39 is 17.9 Å². The third kappa shape index (κ3) is 6.14. The second-order valence-corrected chi connectivity index (χ2v) is 6.31. The normalized spacial score (nSPS) is 10.9. The van der Waals surface area contributed by atoms with Gasteiger partial charge in [-0.2, -0.15) is 0 Å². The zero-order valence-electron chi connectivity index (χ0n) is 17.3. The lowest BCUT2D eigenvalue weighted by Gasteiger charge is -2.13. The first-order valence-corrected chi connectivity index (χ1v) is 9.24. The summed E-state index contributed by atoms with van der Waals surface area (Å²) in [6.07, 6.45) is 3.12. The van der Waals surface area contributed by atoms with E-state index in [1.165, 1.54) is 6.07 Å². The van der Waals surface area contributed by atoms with Gasteiger partial charge >= 0.3 is 17.9 Å². The molecule has 6 heteroatoms. The highest BCUT2D eigenvalue weighted by Gasteiger charge is 2.14. The SMILES string of the molecule is C=CC(=O)Oc1ccc(/C(C)=C(\C)c2ccc(OC(=O)C=C)c(OC(=O)C=C)c2)cc1. The van der Waals surface area contributed by atoms with Crippen LogP contribution in [0.4, 0.5) is 0 Å². The molecular formula is C25H22O6. The average molecular weight is 418 g/mol. The van der Waals surface area contributed by atoms with Crippen LogP contribution in [0.1, 0.15) is 25.0 Å². The fraction of sp³-hybridized carbons (Fsp3) is 0.0800. The number of hydrogen-bond acceptors (Lipinski definition) is 6. The Morgan fingerprint density at radius 2 is 1.10 bits per heavy atom. The molecule has 0 saturated carbocycles. The van der Waals surface area contributed by atoms with E-state index in [9.17, 15) is 14.4 Å². The Kier molecular flexibility index (Phi) is 7.86. The molecule has 0 atom stereocenters. The van der Waals surface area contributed by atoms with Crippen molar-refractivity contribution in [1.82, 2.24) is 0 Å². The smallest absolute Gasteiger partial charge is 0.335 e. The van der Waals surface area contributed by atoms with Gasteiger partial charge in [0.05, 0.1) is 0 Å². The zero-order chi connectivity index (χ0) is 23.0. The van der Waals surface area contributed by atoms with Crippen molar-refractivity contribution >= 4 is 29.1 Å². The maximum absolute atomic E-state index is 11.7. The van der Waals surface area contributed by atoms with Crippen LogP contribution in [0.5, 0.6) is 17.2 Å². The van der Waals surface area contributed by atoms with E-state index >= 15 is 0 Å². The number of rotatable bonds is 8. The van der Waals surface area contributed by atoms with Crippen molar-refractivity contribution in [2.45, 2.75) is 13.8 Å². The van der Waals surface area contributed by atoms with Crippen LogP contribution in [0.3, 0.4) is 0 Å². The summed E-state index contributed by atoms with van der Waals surface area (Å²) in [5, 5.41) is 0. The second-order valence-electron chi connectivity index (χ2n) is 6.31. The third-order valence-electron chi connectivity index (χ3n) is 4.37. The molecule has 0 N–H and O–H groups in total. The van der Waals surface area contributed by atoms with Gasteiger partial charge < -0.3 is 14.2 Å². The molecule has 0 aliphatic rings. The maximum Gasteiger partial charge on any atom is 0.335 e. The lowest BCUT2D eigenvalue weighted by atomic mass is 9.96. The van der Waals surface area contributed by atoms with Gasteiger partial charge in [0, 0.05) is 18.2 Å². The summed E-state index contributed by atoms with van der Waals surface area (Å²) < 4.78 is 15.5. The zero-order valence-corrected chi connectivity index (χ0v) is 17.3. The number of hydrogen-bond donors (Lipinski definition) is 0. The van der Waals surface area contributed by atoms with Crippen LogP contribution < -0.4 is 14.2 Å². The van der Waals surface area contributed by atoms with Crippen LogP contribution in [0, 0.1) is 0 Å². The summed E-state index contributed by atoms with van der Waals surface area (Å²) in [5.41, 5.74) is 3.50. The number of allylic oxidation sites excluding steroid dienone is 2. The molecule has 0 bridgehead atoms. The minimum atomic E-state index is -0.684. The van der Waals surface area contributed by atoms with Crippen LogP contribution in [-0.2, 0) is 14.4 Å². The van der Waals surface area contributed by atoms with Gasteiger partial charge in [0.25, 0.3) is 0 Å². The molecule has 2 rings (SSSR count). The van der Waals surface area contributed by atoms with Crippen molar-refractivity contribution in [3.63, 3.8) is 0 Å². The Balaban J connectivity index is 2.40. The summed E-state index contributed by atoms with van der Waals surface area (Å²) >= 11 is 0. The van der Waals surface area contributed by atoms with Gasteiger partial charge in [-0.15, -0.1) is 0 Å². The number of carbonyl (C=O) groups excluding carboxylic acids is 3. The van der Waals surface area contributed by atoms with Crippen LogP contribution >= 0.6 is 0 Å². The van der Waals surface area contributed by atoms with E-state index in [-0.39, 0.29) is 11.5 Å². The minimum Gasteiger partial charge on any atom is -0.423 e. The second kappa shape index (κ2) is 10.5. The van der Waals surface area contributed by atoms with E-state index in [2.05, 4.69) is 19.7 Å². The Hall–Kier alpha value is -4.19. The first kappa shape index (κ1) is 23.1. The predicted octanol–water partition coefficient (Wildman–Crippen LogP) is 4.91. The first-order chi connectivity index (χ1) is 14.8. The van der Waals surface area contributed by atoms with Gasteiger partial charge in [-0.25, -0.2) is 14.4 Å². The van der Waals surface area contributed by atoms with Crippen LogP contribution in [-0.4, -0.2) is 17.9 Å². The maximum atomic E-state index is 11.7. The van der Waals surface area contributed by atoms with E-state index in [0.717, 1.165) is 40.5 Å². The average Bonchev–Trinajstić information content (AvgIpc) is 2.79. The molecule has 0 aromatic heterocycles. The molecular weight excluding hydrogens is 396 g/mol. The summed E-state index contributed by atoms with van der Waals surface area (Å²) in [4.78, 5) is 34.6. The quantitative estimate of drug-likeness (QED) is 0.262. The van der Waals surface area contributed by atoms with Crippen molar-refractivity contribution in [3.05, 3.63) is 91.6 Å². The molecule has 0 fully saturated rings. The van der Waals surface area contributed by atoms with Gasteiger partial charge in [-0.1, -0.05) is 37.9 Å². The highest BCUT2D eigenvalue weighted by atomic mass is 16.6. The summed E-state index contributed by atoms with van der Waals surface area (Å²) in [5.74, 6) is -1.32. The topological polar surface area (TPSA) is 78.9 Å². The Labute approximate surface area is 180 Å². The third-order valence-corrected chi connectivity index (χ3v) is 4.37. The number of carbonyl (C=O) groups is 3. The molecule has 2 aromatic rings. The van der Waals surface area contributed by atoms with E-state index in [0.29, 0.717) is 5.75 Å². The first-order valence-electron chi connectivity index (χ1n) is 9.24. The molecule has 0 aliphatic carbocycles. The summed E-state index contributed by atoms with van der Waals surface area (Å²) in [6, 6.07) is 11.9. The van der Waals surface area contributed by atoms with Crippen molar-refractivity contribution in [2.24, 2.45) is 0 Å². The number of ether oxygens (including phenoxy) is 3. The number of benzene rings is 2. The predicted molar refractivity (Wildman–Crippen MR) is 119 cm³/mol. The van der Waals surface area contributed by atoms with Crippen molar-refractivity contribution in [1.29, 1.82) is 0 Å². The molecule has 2 aromatic carbocycles. The summed E-state index contributed by atoms with van der Waals surface area (Å²) in [7, 11) is 0. The molecule has 0 heterocycles. The summed E-state index contributed by atoms with van der Waals surface area (Å²) in [6.45, 7) is 13.9. The molecule has 0 spiro atoms. The van der Waals surface area contributed by atoms with E-state index in [1.54, 1.807) is 24.3 Å². The van der Waals surface area contributed by atoms with Gasteiger partial charge in [-0.3, -0.25) is 0 Å². The van der Waals surface area contributed by atoms with Crippen LogP contribution in [0.2, 0.25) is 0 Å². The molecule has 158 valence electrons. The molecule has 0 amide bonds. The largest absolute Gasteiger partial charge is 0.423 e. The van der Waals surface area contributed by atoms with E-state index in [1.807, 2.05) is 26.0 Å². The van der Waals surface area contributed by atoms with Crippen molar-refractivity contribution < 1.29 is 28.6 Å². The highest BCUT2D eigenvalue weighted by Crippen LogP contribution is 2.34. The van der Waals surface area contributed by atoms with Crippen LogP contribution in [0.15, 0.2) is 80.4 Å². The lowest BCUT2D eigenvalue weighted by molar-refractivity contribution is -0.131. The lowest BCUT2D eigenvalue weighted by Crippen LogP contribution is -2.08. The molecule has 0 saturated heterocycles. The Morgan fingerprint density at radius 1 is 0.645 bits per heavy atom. The van der Waals surface area contributed by atoms with Crippen molar-refractivity contribution in [3.8, 4) is 17.2 Å². The molecule has 31 heavy (non-hydrogen) atoms. The fourth-order valence-corrected chi connectivity index (χ4v) is 2.57. The monoisotopic (exact) mass is 418 g/mol. The van der Waals surface area contributed by atoms with Gasteiger partial charge in [0.1, 0.15) is 5.75 Å². The van der Waals surface area contributed by atoms with E-state index in [4.69, 9.17) is 14.2 Å². The fourth-order valence-electron chi connectivity index (χ4n) is 2.57. The molecule has 0 unspecified atom stereocenters. The van der Waals surface area contributed by atoms with Crippen molar-refractivity contribution in [2.75, 3.05) is 0 Å². The standard InChI is InChI=1S/C25H22O6/c1-6-23(26)29-20-12-9-18(10-13-20)16(4)17(5)19-11-14-21(30-24(27)7-2)22(15-19)31-25(28)8-3/h6-15H,1-3H2,4-5H3/b17-16+. The van der Waals surface area contributed by atoms with Gasteiger partial charge in [0.15, 0.2) is 11.5 Å².